The van der Waals surface area contributed by atoms with E-state index >= 15 is 0 Å². The molecule has 0 saturated heterocycles. The number of aromatic nitrogens is 1. The highest BCUT2D eigenvalue weighted by Gasteiger charge is 2.12. The number of rotatable bonds is 4. The van der Waals surface area contributed by atoms with Crippen molar-refractivity contribution in [1.82, 2.24) is 10.3 Å². The Morgan fingerprint density at radius 3 is 3.00 bits per heavy atom. The van der Waals surface area contributed by atoms with Crippen molar-refractivity contribution in [2.45, 2.75) is 13.5 Å². The van der Waals surface area contributed by atoms with Gasteiger partial charge >= 0.3 is 0 Å². The van der Waals surface area contributed by atoms with Gasteiger partial charge < -0.3 is 5.32 Å². The van der Waals surface area contributed by atoms with Gasteiger partial charge in [-0.05, 0) is 34.6 Å². The maximum Gasteiger partial charge on any atom is 0.134 e. The Morgan fingerprint density at radius 2 is 2.29 bits per heavy atom. The topological polar surface area (TPSA) is 24.9 Å². The van der Waals surface area contributed by atoms with E-state index in [4.69, 9.17) is 0 Å². The van der Waals surface area contributed by atoms with Crippen molar-refractivity contribution in [3.8, 4) is 10.6 Å². The van der Waals surface area contributed by atoms with Gasteiger partial charge in [0.1, 0.15) is 10.8 Å². The van der Waals surface area contributed by atoms with Crippen molar-refractivity contribution in [3.63, 3.8) is 0 Å². The Balaban J connectivity index is 2.30. The quantitative estimate of drug-likeness (QED) is 0.928. The second-order valence-electron chi connectivity index (χ2n) is 3.51. The van der Waals surface area contributed by atoms with E-state index in [0.29, 0.717) is 10.6 Å². The monoisotopic (exact) mass is 314 g/mol. The van der Waals surface area contributed by atoms with Crippen molar-refractivity contribution in [2.24, 2.45) is 0 Å². The molecule has 1 N–H and O–H groups in total. The standard InChI is InChI=1S/C12H12BrFN2S/c1-2-15-6-8-7-16-12(17-8)11-9(13)4-3-5-10(11)14/h3-5,7,15H,2,6H2,1H3. The molecular formula is C12H12BrFN2S. The van der Waals surface area contributed by atoms with Crippen LogP contribution in [0.1, 0.15) is 11.8 Å². The van der Waals surface area contributed by atoms with Crippen LogP contribution in [-0.4, -0.2) is 11.5 Å². The van der Waals surface area contributed by atoms with Gasteiger partial charge in [-0.15, -0.1) is 11.3 Å². The van der Waals surface area contributed by atoms with Crippen molar-refractivity contribution in [2.75, 3.05) is 6.54 Å². The van der Waals surface area contributed by atoms with E-state index in [2.05, 4.69) is 33.2 Å². The molecule has 0 radical (unpaired) electrons. The first-order chi connectivity index (χ1) is 8.22. The molecule has 0 aliphatic rings. The van der Waals surface area contributed by atoms with Crippen molar-refractivity contribution in [1.29, 1.82) is 0 Å². The molecule has 0 aliphatic heterocycles. The molecule has 1 heterocycles. The number of hydrogen-bond acceptors (Lipinski definition) is 3. The molecule has 0 spiro atoms. The number of hydrogen-bond donors (Lipinski definition) is 1. The number of nitrogens with one attached hydrogen (secondary N) is 1. The summed E-state index contributed by atoms with van der Waals surface area (Å²) in [5, 5.41) is 3.93. The minimum absolute atomic E-state index is 0.247. The van der Waals surface area contributed by atoms with Crippen molar-refractivity contribution >= 4 is 27.3 Å². The lowest BCUT2D eigenvalue weighted by Gasteiger charge is -2.01. The summed E-state index contributed by atoms with van der Waals surface area (Å²) in [5.74, 6) is -0.247. The zero-order valence-electron chi connectivity index (χ0n) is 9.34. The van der Waals surface area contributed by atoms with Crippen LogP contribution in [0, 0.1) is 5.82 Å². The number of halogens is 2. The summed E-state index contributed by atoms with van der Waals surface area (Å²) in [6, 6.07) is 4.95. The highest BCUT2D eigenvalue weighted by Crippen LogP contribution is 2.33. The summed E-state index contributed by atoms with van der Waals surface area (Å²) in [6.07, 6.45) is 1.79. The Labute approximate surface area is 112 Å². The third-order valence-corrected chi connectivity index (χ3v) is 3.96. The fourth-order valence-corrected chi connectivity index (χ4v) is 3.06. The zero-order valence-corrected chi connectivity index (χ0v) is 11.7. The van der Waals surface area contributed by atoms with E-state index in [1.54, 1.807) is 12.3 Å². The second kappa shape index (κ2) is 5.71. The van der Waals surface area contributed by atoms with Crippen LogP contribution in [0.25, 0.3) is 10.6 Å². The van der Waals surface area contributed by atoms with E-state index in [-0.39, 0.29) is 5.82 Å². The van der Waals surface area contributed by atoms with Crippen LogP contribution in [0.5, 0.6) is 0 Å². The average Bonchev–Trinajstić information content (AvgIpc) is 2.75. The van der Waals surface area contributed by atoms with Crippen LogP contribution >= 0.6 is 27.3 Å². The van der Waals surface area contributed by atoms with E-state index in [9.17, 15) is 4.39 Å². The molecule has 2 aromatic rings. The minimum Gasteiger partial charge on any atom is -0.312 e. The predicted octanol–water partition coefficient (Wildman–Crippen LogP) is 3.82. The minimum atomic E-state index is -0.247. The molecule has 0 aliphatic carbocycles. The van der Waals surface area contributed by atoms with Crippen LogP contribution in [0.3, 0.4) is 0 Å². The van der Waals surface area contributed by atoms with E-state index in [1.807, 2.05) is 6.07 Å². The fourth-order valence-electron chi connectivity index (χ4n) is 1.46. The molecule has 0 atom stereocenters. The van der Waals surface area contributed by atoms with Gasteiger partial charge in [-0.25, -0.2) is 9.37 Å². The summed E-state index contributed by atoms with van der Waals surface area (Å²) in [6.45, 7) is 3.74. The molecule has 2 rings (SSSR count). The highest BCUT2D eigenvalue weighted by molar-refractivity contribution is 9.10. The molecule has 2 nitrogen and oxygen atoms in total. The Bertz CT molecular complexity index is 493. The van der Waals surface area contributed by atoms with E-state index in [1.165, 1.54) is 17.4 Å². The largest absolute Gasteiger partial charge is 0.312 e. The summed E-state index contributed by atoms with van der Waals surface area (Å²) in [5.41, 5.74) is 0.542. The van der Waals surface area contributed by atoms with Crippen LogP contribution in [0.15, 0.2) is 28.9 Å². The zero-order chi connectivity index (χ0) is 12.3. The molecule has 0 fully saturated rings. The number of nitrogens with zero attached hydrogens (tertiary/aromatic N) is 1. The summed E-state index contributed by atoms with van der Waals surface area (Å²) in [7, 11) is 0. The normalized spacial score (nSPS) is 10.8. The van der Waals surface area contributed by atoms with Gasteiger partial charge in [0.2, 0.25) is 0 Å². The molecule has 0 unspecified atom stereocenters. The second-order valence-corrected chi connectivity index (χ2v) is 5.48. The predicted molar refractivity (Wildman–Crippen MR) is 72.6 cm³/mol. The molecule has 0 bridgehead atoms. The first kappa shape index (κ1) is 12.7. The molecule has 0 saturated carbocycles. The van der Waals surface area contributed by atoms with Crippen LogP contribution in [0.4, 0.5) is 4.39 Å². The molecule has 1 aromatic heterocycles. The first-order valence-electron chi connectivity index (χ1n) is 5.32. The Kier molecular flexibility index (Phi) is 4.25. The number of benzene rings is 1. The smallest absolute Gasteiger partial charge is 0.134 e. The lowest BCUT2D eigenvalue weighted by molar-refractivity contribution is 0.630. The van der Waals surface area contributed by atoms with E-state index in [0.717, 1.165) is 22.4 Å². The van der Waals surface area contributed by atoms with Crippen molar-refractivity contribution < 1.29 is 4.39 Å². The van der Waals surface area contributed by atoms with Crippen LogP contribution in [-0.2, 0) is 6.54 Å². The SMILES string of the molecule is CCNCc1cnc(-c2c(F)cccc2Br)s1. The van der Waals surface area contributed by atoms with E-state index < -0.39 is 0 Å². The number of thiazole rings is 1. The maximum atomic E-state index is 13.7. The summed E-state index contributed by atoms with van der Waals surface area (Å²) >= 11 is 4.87. The molecule has 5 heteroatoms. The van der Waals surface area contributed by atoms with Gasteiger partial charge in [-0.3, -0.25) is 0 Å². The molecule has 0 amide bonds. The first-order valence-corrected chi connectivity index (χ1v) is 6.93. The third kappa shape index (κ3) is 2.91. The van der Waals surface area contributed by atoms with Gasteiger partial charge in [-0.1, -0.05) is 13.0 Å². The lowest BCUT2D eigenvalue weighted by atomic mass is 10.2. The van der Waals surface area contributed by atoms with Crippen molar-refractivity contribution in [3.05, 3.63) is 39.6 Å². The Morgan fingerprint density at radius 1 is 1.47 bits per heavy atom. The van der Waals surface area contributed by atoms with Gasteiger partial charge in [0, 0.05) is 22.1 Å². The highest BCUT2D eigenvalue weighted by atomic mass is 79.9. The third-order valence-electron chi connectivity index (χ3n) is 2.28. The van der Waals surface area contributed by atoms with Crippen LogP contribution < -0.4 is 5.32 Å². The molecular weight excluding hydrogens is 303 g/mol. The molecule has 1 aromatic carbocycles. The maximum absolute atomic E-state index is 13.7. The van der Waals surface area contributed by atoms with Gasteiger partial charge in [0.25, 0.3) is 0 Å². The van der Waals surface area contributed by atoms with Gasteiger partial charge in [0.05, 0.1) is 5.56 Å². The average molecular weight is 315 g/mol. The molecule has 17 heavy (non-hydrogen) atoms. The summed E-state index contributed by atoms with van der Waals surface area (Å²) < 4.78 is 14.5. The Hall–Kier alpha value is -0.780. The lowest BCUT2D eigenvalue weighted by Crippen LogP contribution is -2.10. The summed E-state index contributed by atoms with van der Waals surface area (Å²) in [4.78, 5) is 5.38. The van der Waals surface area contributed by atoms with Gasteiger partial charge in [0.15, 0.2) is 0 Å². The van der Waals surface area contributed by atoms with Crippen LogP contribution in [0.2, 0.25) is 0 Å². The van der Waals surface area contributed by atoms with Gasteiger partial charge in [-0.2, -0.15) is 0 Å². The molecule has 90 valence electrons. The fraction of sp³-hybridized carbons (Fsp3) is 0.250.